The number of aromatic nitrogens is 3. The van der Waals surface area contributed by atoms with E-state index in [9.17, 15) is 0 Å². The summed E-state index contributed by atoms with van der Waals surface area (Å²) in [4.78, 5) is 10.0. The lowest BCUT2D eigenvalue weighted by molar-refractivity contribution is 1.18. The lowest BCUT2D eigenvalue weighted by Crippen LogP contribution is -1.95. The smallest absolute Gasteiger partial charge is 0.159 e. The maximum atomic E-state index is 5.19. The average Bonchev–Trinajstić information content (AvgIpc) is 3.38. The van der Waals surface area contributed by atoms with Crippen LogP contribution in [0.3, 0.4) is 0 Å². The first-order chi connectivity index (χ1) is 20.3. The molecule has 0 amide bonds. The van der Waals surface area contributed by atoms with Crippen molar-refractivity contribution >= 4 is 65.0 Å². The Bertz CT molecular complexity index is 2470. The first-order valence-corrected chi connectivity index (χ1v) is 13.9. The highest BCUT2D eigenvalue weighted by Gasteiger charge is 2.15. The Kier molecular flexibility index (Phi) is 4.61. The number of rotatable bonds is 2. The monoisotopic (exact) mass is 521 g/mol. The Hall–Kier alpha value is -5.54. The zero-order valence-corrected chi connectivity index (χ0v) is 22.1. The SMILES string of the molecule is c1ccc(-n2c3ccccc3c3ccc(-c4ncc5ccc6c7ccc8ccccc8c7ccc6c5n4)cc32)cc1. The number of hydrogen-bond acceptors (Lipinski definition) is 2. The molecule has 0 N–H and O–H groups in total. The van der Waals surface area contributed by atoms with Crippen LogP contribution in [-0.4, -0.2) is 14.5 Å². The van der Waals surface area contributed by atoms with Crippen LogP contribution in [-0.2, 0) is 0 Å². The average molecular weight is 522 g/mol. The molecule has 0 spiro atoms. The first kappa shape index (κ1) is 22.3. The van der Waals surface area contributed by atoms with Crippen LogP contribution in [0.1, 0.15) is 0 Å². The molecule has 9 aromatic rings. The number of benzene rings is 7. The van der Waals surface area contributed by atoms with Gasteiger partial charge in [-0.2, -0.15) is 0 Å². The predicted molar refractivity (Wildman–Crippen MR) is 172 cm³/mol. The summed E-state index contributed by atoms with van der Waals surface area (Å²) in [5, 5.41) is 10.9. The van der Waals surface area contributed by atoms with Gasteiger partial charge in [0.15, 0.2) is 5.82 Å². The summed E-state index contributed by atoms with van der Waals surface area (Å²) >= 11 is 0. The van der Waals surface area contributed by atoms with Gasteiger partial charge in [-0.3, -0.25) is 0 Å². The third-order valence-electron chi connectivity index (χ3n) is 8.42. The molecule has 0 aliphatic carbocycles. The fraction of sp³-hybridized carbons (Fsp3) is 0. The predicted octanol–water partition coefficient (Wildman–Crippen LogP) is 9.85. The lowest BCUT2D eigenvalue weighted by Gasteiger charge is -2.11. The minimum Gasteiger partial charge on any atom is -0.309 e. The summed E-state index contributed by atoms with van der Waals surface area (Å²) in [5.41, 5.74) is 5.46. The summed E-state index contributed by atoms with van der Waals surface area (Å²) in [6.07, 6.45) is 1.96. The quantitative estimate of drug-likeness (QED) is 0.212. The van der Waals surface area contributed by atoms with Crippen molar-refractivity contribution in [3.05, 3.63) is 140 Å². The second-order valence-electron chi connectivity index (χ2n) is 10.7. The molecule has 0 unspecified atom stereocenters. The molecule has 2 heterocycles. The Balaban J connectivity index is 1.28. The highest BCUT2D eigenvalue weighted by atomic mass is 15.0. The van der Waals surface area contributed by atoms with E-state index in [2.05, 4.69) is 138 Å². The maximum absolute atomic E-state index is 5.19. The van der Waals surface area contributed by atoms with E-state index in [4.69, 9.17) is 9.97 Å². The third-order valence-corrected chi connectivity index (χ3v) is 8.42. The van der Waals surface area contributed by atoms with Crippen LogP contribution in [0, 0.1) is 0 Å². The van der Waals surface area contributed by atoms with Crippen molar-refractivity contribution in [3.63, 3.8) is 0 Å². The second-order valence-corrected chi connectivity index (χ2v) is 10.7. The molecule has 0 atom stereocenters. The molecule has 0 aliphatic heterocycles. The van der Waals surface area contributed by atoms with Crippen molar-refractivity contribution in [2.24, 2.45) is 0 Å². The van der Waals surface area contributed by atoms with Crippen molar-refractivity contribution in [1.82, 2.24) is 14.5 Å². The molecule has 0 bridgehead atoms. The molecule has 7 aromatic carbocycles. The molecule has 3 nitrogen and oxygen atoms in total. The fourth-order valence-corrected chi connectivity index (χ4v) is 6.50. The minimum absolute atomic E-state index is 0.732. The fourth-order valence-electron chi connectivity index (χ4n) is 6.50. The van der Waals surface area contributed by atoms with E-state index in [-0.39, 0.29) is 0 Å². The molecule has 3 heteroatoms. The highest BCUT2D eigenvalue weighted by Crippen LogP contribution is 2.36. The van der Waals surface area contributed by atoms with Crippen LogP contribution < -0.4 is 0 Å². The van der Waals surface area contributed by atoms with Gasteiger partial charge in [0.2, 0.25) is 0 Å². The van der Waals surface area contributed by atoms with Gasteiger partial charge in [0, 0.05) is 39.0 Å². The molecule has 41 heavy (non-hydrogen) atoms. The van der Waals surface area contributed by atoms with Crippen LogP contribution in [0.25, 0.3) is 82.1 Å². The molecule has 0 radical (unpaired) electrons. The van der Waals surface area contributed by atoms with Crippen LogP contribution >= 0.6 is 0 Å². The van der Waals surface area contributed by atoms with E-state index in [1.54, 1.807) is 0 Å². The minimum atomic E-state index is 0.732. The summed E-state index contributed by atoms with van der Waals surface area (Å²) in [7, 11) is 0. The van der Waals surface area contributed by atoms with Crippen LogP contribution in [0.5, 0.6) is 0 Å². The number of para-hydroxylation sites is 2. The Morgan fingerprint density at radius 1 is 0.439 bits per heavy atom. The van der Waals surface area contributed by atoms with Gasteiger partial charge in [-0.15, -0.1) is 0 Å². The van der Waals surface area contributed by atoms with Gasteiger partial charge in [-0.1, -0.05) is 109 Å². The molecular weight excluding hydrogens is 498 g/mol. The van der Waals surface area contributed by atoms with Gasteiger partial charge >= 0.3 is 0 Å². The molecule has 0 saturated carbocycles. The number of fused-ring (bicyclic) bond motifs is 10. The molecule has 9 rings (SSSR count). The standard InChI is InChI=1S/C38H23N3/c1-2-9-27(10-3-1)41-35-13-7-6-12-32(35)33-19-15-25(22-36(33)41)38-39-23-26-16-18-31-30-17-14-24-8-4-5-11-28(24)29(30)20-21-34(31)37(26)40-38/h1-23H. The van der Waals surface area contributed by atoms with Gasteiger partial charge in [0.05, 0.1) is 16.6 Å². The van der Waals surface area contributed by atoms with Crippen molar-refractivity contribution in [2.75, 3.05) is 0 Å². The van der Waals surface area contributed by atoms with E-state index in [0.29, 0.717) is 0 Å². The topological polar surface area (TPSA) is 30.7 Å². The summed E-state index contributed by atoms with van der Waals surface area (Å²) in [6.45, 7) is 0. The molecule has 0 saturated heterocycles. The van der Waals surface area contributed by atoms with Crippen molar-refractivity contribution in [2.45, 2.75) is 0 Å². The van der Waals surface area contributed by atoms with Crippen LogP contribution in [0.2, 0.25) is 0 Å². The maximum Gasteiger partial charge on any atom is 0.159 e. The summed E-state index contributed by atoms with van der Waals surface area (Å²) < 4.78 is 2.33. The Labute approximate surface area is 235 Å². The zero-order valence-electron chi connectivity index (χ0n) is 22.1. The van der Waals surface area contributed by atoms with Gasteiger partial charge < -0.3 is 4.57 Å². The van der Waals surface area contributed by atoms with Gasteiger partial charge in [0.1, 0.15) is 0 Å². The van der Waals surface area contributed by atoms with Gasteiger partial charge in [-0.05, 0) is 51.2 Å². The number of nitrogens with zero attached hydrogens (tertiary/aromatic N) is 3. The Morgan fingerprint density at radius 3 is 1.98 bits per heavy atom. The lowest BCUT2D eigenvalue weighted by atomic mass is 9.96. The molecular formula is C38H23N3. The second kappa shape index (κ2) is 8.48. The van der Waals surface area contributed by atoms with Crippen molar-refractivity contribution < 1.29 is 0 Å². The van der Waals surface area contributed by atoms with E-state index in [1.807, 2.05) is 6.20 Å². The number of hydrogen-bond donors (Lipinski definition) is 0. The normalized spacial score (nSPS) is 11.9. The third kappa shape index (κ3) is 3.26. The molecule has 2 aromatic heterocycles. The van der Waals surface area contributed by atoms with Crippen molar-refractivity contribution in [1.29, 1.82) is 0 Å². The van der Waals surface area contributed by atoms with Gasteiger partial charge in [-0.25, -0.2) is 9.97 Å². The molecule has 0 fully saturated rings. The van der Waals surface area contributed by atoms with E-state index in [0.717, 1.165) is 38.9 Å². The van der Waals surface area contributed by atoms with Crippen LogP contribution in [0.4, 0.5) is 0 Å². The van der Waals surface area contributed by atoms with Gasteiger partial charge in [0.25, 0.3) is 0 Å². The largest absolute Gasteiger partial charge is 0.309 e. The molecule has 190 valence electrons. The Morgan fingerprint density at radius 2 is 1.07 bits per heavy atom. The van der Waals surface area contributed by atoms with E-state index >= 15 is 0 Å². The first-order valence-electron chi connectivity index (χ1n) is 13.9. The van der Waals surface area contributed by atoms with Crippen molar-refractivity contribution in [3.8, 4) is 17.1 Å². The summed E-state index contributed by atoms with van der Waals surface area (Å²) in [6, 6.07) is 47.6. The highest BCUT2D eigenvalue weighted by molar-refractivity contribution is 6.21. The van der Waals surface area contributed by atoms with Crippen LogP contribution in [0.15, 0.2) is 140 Å². The molecule has 0 aliphatic rings. The zero-order chi connectivity index (χ0) is 26.9. The summed E-state index contributed by atoms with van der Waals surface area (Å²) in [5.74, 6) is 0.732. The van der Waals surface area contributed by atoms with E-state index < -0.39 is 0 Å². The van der Waals surface area contributed by atoms with E-state index in [1.165, 1.54) is 43.2 Å².